The molecule has 1 N–H and O–H groups in total. The fraction of sp³-hybridized carbons (Fsp3) is 0.158. The second-order valence-electron chi connectivity index (χ2n) is 5.96. The van der Waals surface area contributed by atoms with Crippen LogP contribution in [0.25, 0.3) is 11.4 Å². The highest BCUT2D eigenvalue weighted by Crippen LogP contribution is 2.28. The zero-order valence-electron chi connectivity index (χ0n) is 14.5. The maximum absolute atomic E-state index is 12.5. The first-order valence-corrected chi connectivity index (χ1v) is 10.4. The number of hydrogen-bond donors (Lipinski definition) is 1. The molecule has 3 rings (SSSR count). The van der Waals surface area contributed by atoms with Crippen LogP contribution in [0.15, 0.2) is 59.8 Å². The van der Waals surface area contributed by atoms with Crippen molar-refractivity contribution >= 4 is 33.2 Å². The Hall–Kier alpha value is -1.99. The van der Waals surface area contributed by atoms with Crippen LogP contribution in [-0.4, -0.2) is 24.9 Å². The maximum Gasteiger partial charge on any atom is 0.242 e. The van der Waals surface area contributed by atoms with Crippen molar-refractivity contribution in [3.8, 4) is 11.4 Å². The van der Waals surface area contributed by atoms with E-state index in [1.54, 1.807) is 19.3 Å². The van der Waals surface area contributed by atoms with Crippen molar-refractivity contribution in [1.29, 1.82) is 0 Å². The second kappa shape index (κ2) is 8.35. The molecule has 0 saturated carbocycles. The largest absolute Gasteiger partial charge is 0.242 e. The molecular weight excluding hydrogens is 405 g/mol. The summed E-state index contributed by atoms with van der Waals surface area (Å²) in [5, 5.41) is 0.517. The standard InChI is InChI=1S/C19H17Cl2N3O2S/c1-13-9-18(17(21)10-16(13)20)27(25,26)24-8-7-14-11-22-19(23-12-14)15-5-3-2-4-6-15/h2-6,9-12,24H,7-8H2,1H3. The number of nitrogens with zero attached hydrogens (tertiary/aromatic N) is 2. The fourth-order valence-electron chi connectivity index (χ4n) is 2.46. The van der Waals surface area contributed by atoms with Gasteiger partial charge in [-0.15, -0.1) is 0 Å². The van der Waals surface area contributed by atoms with Gasteiger partial charge in [0.15, 0.2) is 5.82 Å². The van der Waals surface area contributed by atoms with E-state index in [0.29, 0.717) is 22.8 Å². The van der Waals surface area contributed by atoms with E-state index in [0.717, 1.165) is 11.1 Å². The van der Waals surface area contributed by atoms with Gasteiger partial charge in [-0.3, -0.25) is 0 Å². The predicted molar refractivity (Wildman–Crippen MR) is 108 cm³/mol. The van der Waals surface area contributed by atoms with E-state index in [2.05, 4.69) is 14.7 Å². The van der Waals surface area contributed by atoms with Crippen molar-refractivity contribution in [2.24, 2.45) is 0 Å². The topological polar surface area (TPSA) is 72.0 Å². The van der Waals surface area contributed by atoms with Gasteiger partial charge in [0, 0.05) is 29.5 Å². The molecule has 0 unspecified atom stereocenters. The van der Waals surface area contributed by atoms with Crippen molar-refractivity contribution in [3.05, 3.63) is 76.0 Å². The molecule has 3 aromatic rings. The minimum absolute atomic E-state index is 0.0155. The summed E-state index contributed by atoms with van der Waals surface area (Å²) in [4.78, 5) is 8.68. The van der Waals surface area contributed by atoms with Crippen LogP contribution >= 0.6 is 23.2 Å². The van der Waals surface area contributed by atoms with Crippen LogP contribution < -0.4 is 4.72 Å². The van der Waals surface area contributed by atoms with Gasteiger partial charge >= 0.3 is 0 Å². The van der Waals surface area contributed by atoms with Gasteiger partial charge in [0.2, 0.25) is 10.0 Å². The molecule has 8 heteroatoms. The fourth-order valence-corrected chi connectivity index (χ4v) is 4.33. The molecule has 0 atom stereocenters. The summed E-state index contributed by atoms with van der Waals surface area (Å²) in [6.07, 6.45) is 3.85. The molecule has 0 amide bonds. The Labute approximate surface area is 168 Å². The number of aromatic nitrogens is 2. The summed E-state index contributed by atoms with van der Waals surface area (Å²) in [7, 11) is -3.73. The van der Waals surface area contributed by atoms with E-state index in [-0.39, 0.29) is 16.5 Å². The third-order valence-electron chi connectivity index (χ3n) is 3.95. The number of nitrogens with one attached hydrogen (secondary N) is 1. The minimum Gasteiger partial charge on any atom is -0.236 e. The molecule has 2 aromatic carbocycles. The maximum atomic E-state index is 12.5. The molecule has 0 bridgehead atoms. The van der Waals surface area contributed by atoms with E-state index in [9.17, 15) is 8.42 Å². The highest BCUT2D eigenvalue weighted by molar-refractivity contribution is 7.89. The van der Waals surface area contributed by atoms with Gasteiger partial charge in [0.25, 0.3) is 0 Å². The molecule has 1 heterocycles. The second-order valence-corrected chi connectivity index (χ2v) is 8.51. The van der Waals surface area contributed by atoms with Crippen LogP contribution in [-0.2, 0) is 16.4 Å². The van der Waals surface area contributed by atoms with Gasteiger partial charge < -0.3 is 0 Å². The van der Waals surface area contributed by atoms with E-state index < -0.39 is 10.0 Å². The molecule has 0 aliphatic heterocycles. The number of hydrogen-bond acceptors (Lipinski definition) is 4. The first-order valence-electron chi connectivity index (χ1n) is 8.18. The number of rotatable bonds is 6. The van der Waals surface area contributed by atoms with Crippen LogP contribution in [0.3, 0.4) is 0 Å². The number of sulfonamides is 1. The molecule has 0 aliphatic rings. The molecule has 0 spiro atoms. The van der Waals surface area contributed by atoms with Crippen LogP contribution in [0.4, 0.5) is 0 Å². The Morgan fingerprint density at radius 3 is 2.33 bits per heavy atom. The summed E-state index contributed by atoms with van der Waals surface area (Å²) in [5.41, 5.74) is 2.40. The summed E-state index contributed by atoms with van der Waals surface area (Å²) < 4.78 is 27.5. The predicted octanol–water partition coefficient (Wildman–Crippen LogP) is 4.28. The van der Waals surface area contributed by atoms with Crippen molar-refractivity contribution in [1.82, 2.24) is 14.7 Å². The molecule has 0 aliphatic carbocycles. The number of benzene rings is 2. The Bertz CT molecular complexity index is 1040. The lowest BCUT2D eigenvalue weighted by Gasteiger charge is -2.10. The van der Waals surface area contributed by atoms with Crippen molar-refractivity contribution < 1.29 is 8.42 Å². The lowest BCUT2D eigenvalue weighted by Crippen LogP contribution is -2.26. The van der Waals surface area contributed by atoms with Crippen LogP contribution in [0, 0.1) is 6.92 Å². The van der Waals surface area contributed by atoms with Gasteiger partial charge in [-0.25, -0.2) is 23.1 Å². The summed E-state index contributed by atoms with van der Waals surface area (Å²) in [6, 6.07) is 12.5. The van der Waals surface area contributed by atoms with Crippen molar-refractivity contribution in [3.63, 3.8) is 0 Å². The molecule has 5 nitrogen and oxygen atoms in total. The lowest BCUT2D eigenvalue weighted by molar-refractivity contribution is 0.581. The third-order valence-corrected chi connectivity index (χ3v) is 6.28. The Balaban J connectivity index is 1.65. The van der Waals surface area contributed by atoms with Gasteiger partial charge in [-0.1, -0.05) is 53.5 Å². The van der Waals surface area contributed by atoms with E-state index in [1.807, 2.05) is 30.3 Å². The van der Waals surface area contributed by atoms with E-state index in [1.165, 1.54) is 12.1 Å². The first-order chi connectivity index (χ1) is 12.9. The van der Waals surface area contributed by atoms with Crippen molar-refractivity contribution in [2.45, 2.75) is 18.2 Å². The molecular formula is C19H17Cl2N3O2S. The Kier molecular flexibility index (Phi) is 6.11. The summed E-state index contributed by atoms with van der Waals surface area (Å²) in [5.74, 6) is 0.628. The van der Waals surface area contributed by atoms with Crippen molar-refractivity contribution in [2.75, 3.05) is 6.54 Å². The van der Waals surface area contributed by atoms with E-state index in [4.69, 9.17) is 23.2 Å². The smallest absolute Gasteiger partial charge is 0.236 e. The monoisotopic (exact) mass is 421 g/mol. The SMILES string of the molecule is Cc1cc(S(=O)(=O)NCCc2cnc(-c3ccccc3)nc2)c(Cl)cc1Cl. The molecule has 27 heavy (non-hydrogen) atoms. The Morgan fingerprint density at radius 1 is 1.00 bits per heavy atom. The van der Waals surface area contributed by atoms with Gasteiger partial charge in [-0.05, 0) is 36.6 Å². The quantitative estimate of drug-likeness (QED) is 0.644. The van der Waals surface area contributed by atoms with Crippen LogP contribution in [0.5, 0.6) is 0 Å². The van der Waals surface area contributed by atoms with Crippen LogP contribution in [0.2, 0.25) is 10.0 Å². The Morgan fingerprint density at radius 2 is 1.67 bits per heavy atom. The zero-order valence-corrected chi connectivity index (χ0v) is 16.8. The first kappa shape index (κ1) is 19.8. The number of halogens is 2. The summed E-state index contributed by atoms with van der Waals surface area (Å²) >= 11 is 12.0. The summed E-state index contributed by atoms with van der Waals surface area (Å²) in [6.45, 7) is 1.93. The highest BCUT2D eigenvalue weighted by Gasteiger charge is 2.19. The highest BCUT2D eigenvalue weighted by atomic mass is 35.5. The molecule has 1 aromatic heterocycles. The molecule has 0 saturated heterocycles. The third kappa shape index (κ3) is 4.84. The van der Waals surface area contributed by atoms with Crippen LogP contribution in [0.1, 0.15) is 11.1 Å². The molecule has 0 fully saturated rings. The minimum atomic E-state index is -3.73. The zero-order chi connectivity index (χ0) is 19.4. The number of aryl methyl sites for hydroxylation is 1. The van der Waals surface area contributed by atoms with Gasteiger partial charge in [0.05, 0.1) is 5.02 Å². The average molecular weight is 422 g/mol. The van der Waals surface area contributed by atoms with Gasteiger partial charge in [0.1, 0.15) is 4.90 Å². The normalized spacial score (nSPS) is 11.5. The average Bonchev–Trinajstić information content (AvgIpc) is 2.66. The van der Waals surface area contributed by atoms with Gasteiger partial charge in [-0.2, -0.15) is 0 Å². The molecule has 140 valence electrons. The molecule has 0 radical (unpaired) electrons. The van der Waals surface area contributed by atoms with E-state index >= 15 is 0 Å². The lowest BCUT2D eigenvalue weighted by atomic mass is 10.2.